The van der Waals surface area contributed by atoms with Crippen LogP contribution in [0.3, 0.4) is 0 Å². The van der Waals surface area contributed by atoms with E-state index in [1.165, 1.54) is 17.7 Å². The van der Waals surface area contributed by atoms with E-state index in [9.17, 15) is 8.78 Å². The molecule has 0 bridgehead atoms. The summed E-state index contributed by atoms with van der Waals surface area (Å²) in [4.78, 5) is 8.19. The summed E-state index contributed by atoms with van der Waals surface area (Å²) in [6.45, 7) is 3.49. The highest BCUT2D eigenvalue weighted by atomic mass is 127. The summed E-state index contributed by atoms with van der Waals surface area (Å²) in [6.07, 6.45) is 2.39. The van der Waals surface area contributed by atoms with Crippen molar-refractivity contribution in [1.29, 1.82) is 0 Å². The molecule has 2 aromatic rings. The first-order chi connectivity index (χ1) is 14.5. The van der Waals surface area contributed by atoms with E-state index in [-0.39, 0.29) is 29.7 Å². The lowest BCUT2D eigenvalue weighted by molar-refractivity contribution is -0.0504. The van der Waals surface area contributed by atoms with Gasteiger partial charge in [-0.1, -0.05) is 23.8 Å². The van der Waals surface area contributed by atoms with Gasteiger partial charge in [0, 0.05) is 43.7 Å². The van der Waals surface area contributed by atoms with E-state index in [4.69, 9.17) is 0 Å². The molecule has 1 fully saturated rings. The molecule has 31 heavy (non-hydrogen) atoms. The fourth-order valence-corrected chi connectivity index (χ4v) is 4.53. The average molecular weight is 564 g/mol. The summed E-state index contributed by atoms with van der Waals surface area (Å²) in [6, 6.07) is 9.49. The number of nitrogens with one attached hydrogen (secondary N) is 2. The summed E-state index contributed by atoms with van der Waals surface area (Å²) in [5.74, 6) is 1.40. The van der Waals surface area contributed by atoms with E-state index in [0.717, 1.165) is 31.7 Å². The Morgan fingerprint density at radius 1 is 1.32 bits per heavy atom. The standard InChI is InChI=1S/C22H30F2N4OS.HI/c1-16-7-8-20(29-21(23)24)18(11-16)13-27-22(25-2)26-12-17-5-3-9-28(14-17)15-19-6-4-10-30-19;/h4,6-8,10-11,17,21H,3,5,9,12-15H2,1-2H3,(H2,25,26,27);1H. The topological polar surface area (TPSA) is 48.9 Å². The van der Waals surface area contributed by atoms with Crippen LogP contribution in [0.4, 0.5) is 8.78 Å². The van der Waals surface area contributed by atoms with E-state index in [1.54, 1.807) is 30.5 Å². The van der Waals surface area contributed by atoms with Gasteiger partial charge in [-0.15, -0.1) is 35.3 Å². The molecule has 172 valence electrons. The highest BCUT2D eigenvalue weighted by Gasteiger charge is 2.20. The maximum atomic E-state index is 12.7. The number of rotatable bonds is 8. The Kier molecular flexibility index (Phi) is 11.0. The predicted molar refractivity (Wildman–Crippen MR) is 134 cm³/mol. The fraction of sp³-hybridized carbons (Fsp3) is 0.500. The molecule has 0 saturated carbocycles. The van der Waals surface area contributed by atoms with Crippen molar-refractivity contribution < 1.29 is 13.5 Å². The van der Waals surface area contributed by atoms with Gasteiger partial charge in [0.1, 0.15) is 5.75 Å². The van der Waals surface area contributed by atoms with Gasteiger partial charge in [-0.05, 0) is 49.7 Å². The number of benzene rings is 1. The van der Waals surface area contributed by atoms with Gasteiger partial charge < -0.3 is 15.4 Å². The number of guanidine groups is 1. The van der Waals surface area contributed by atoms with Crippen LogP contribution in [0, 0.1) is 12.8 Å². The van der Waals surface area contributed by atoms with Gasteiger partial charge in [-0.3, -0.25) is 9.89 Å². The number of nitrogens with zero attached hydrogens (tertiary/aromatic N) is 2. The van der Waals surface area contributed by atoms with Crippen LogP contribution in [0.15, 0.2) is 40.7 Å². The minimum atomic E-state index is -2.84. The third kappa shape index (κ3) is 8.53. The second kappa shape index (κ2) is 13.2. The Morgan fingerprint density at radius 3 is 2.87 bits per heavy atom. The van der Waals surface area contributed by atoms with Crippen LogP contribution in [-0.2, 0) is 13.1 Å². The second-order valence-corrected chi connectivity index (χ2v) is 8.65. The first kappa shape index (κ1) is 25.8. The highest BCUT2D eigenvalue weighted by Crippen LogP contribution is 2.22. The van der Waals surface area contributed by atoms with Crippen LogP contribution in [0.25, 0.3) is 0 Å². The highest BCUT2D eigenvalue weighted by molar-refractivity contribution is 14.0. The fourth-order valence-electron chi connectivity index (χ4n) is 3.78. The molecule has 0 amide bonds. The summed E-state index contributed by atoms with van der Waals surface area (Å²) in [5, 5.41) is 8.73. The minimum absolute atomic E-state index is 0. The Hall–Kier alpha value is -1.46. The van der Waals surface area contributed by atoms with E-state index < -0.39 is 6.61 Å². The number of likely N-dealkylation sites (tertiary alicyclic amines) is 1. The molecule has 1 aromatic heterocycles. The maximum Gasteiger partial charge on any atom is 0.387 e. The summed E-state index contributed by atoms with van der Waals surface area (Å²) >= 11 is 1.81. The van der Waals surface area contributed by atoms with E-state index in [2.05, 4.69) is 42.8 Å². The molecule has 2 heterocycles. The molecule has 0 spiro atoms. The van der Waals surface area contributed by atoms with Crippen molar-refractivity contribution >= 4 is 41.3 Å². The van der Waals surface area contributed by atoms with Gasteiger partial charge >= 0.3 is 6.61 Å². The molecule has 0 radical (unpaired) electrons. The average Bonchev–Trinajstić information content (AvgIpc) is 3.23. The molecule has 1 aliphatic rings. The molecule has 9 heteroatoms. The zero-order valence-corrected chi connectivity index (χ0v) is 21.1. The van der Waals surface area contributed by atoms with Crippen LogP contribution in [-0.4, -0.2) is 44.2 Å². The van der Waals surface area contributed by atoms with Gasteiger partial charge in [0.05, 0.1) is 0 Å². The third-order valence-corrected chi connectivity index (χ3v) is 6.08. The lowest BCUT2D eigenvalue weighted by Gasteiger charge is -2.32. The molecule has 3 rings (SSSR count). The van der Waals surface area contributed by atoms with Crippen LogP contribution >= 0.6 is 35.3 Å². The predicted octanol–water partition coefficient (Wildman–Crippen LogP) is 4.85. The zero-order valence-electron chi connectivity index (χ0n) is 17.9. The molecule has 0 aliphatic carbocycles. The van der Waals surface area contributed by atoms with Crippen molar-refractivity contribution in [2.75, 3.05) is 26.7 Å². The number of thiophene rings is 1. The first-order valence-electron chi connectivity index (χ1n) is 10.3. The molecule has 1 saturated heterocycles. The van der Waals surface area contributed by atoms with E-state index >= 15 is 0 Å². The van der Waals surface area contributed by atoms with Crippen LogP contribution in [0.5, 0.6) is 5.75 Å². The molecule has 1 aromatic carbocycles. The number of alkyl halides is 2. The number of aryl methyl sites for hydroxylation is 1. The van der Waals surface area contributed by atoms with Crippen LogP contribution in [0.1, 0.15) is 28.8 Å². The van der Waals surface area contributed by atoms with Crippen molar-refractivity contribution in [2.24, 2.45) is 10.9 Å². The molecular weight excluding hydrogens is 533 g/mol. The number of halogens is 3. The SMILES string of the molecule is CN=C(NCc1cc(C)ccc1OC(F)F)NCC1CCCN(Cc2cccs2)C1.I. The Bertz CT molecular complexity index is 820. The van der Waals surface area contributed by atoms with Crippen molar-refractivity contribution in [1.82, 2.24) is 15.5 Å². The molecule has 1 aliphatic heterocycles. The molecular formula is C22H31F2IN4OS. The molecule has 1 unspecified atom stereocenters. The van der Waals surface area contributed by atoms with E-state index in [1.807, 2.05) is 13.0 Å². The van der Waals surface area contributed by atoms with Gasteiger partial charge in [-0.25, -0.2) is 0 Å². The minimum Gasteiger partial charge on any atom is -0.434 e. The van der Waals surface area contributed by atoms with Crippen molar-refractivity contribution in [2.45, 2.75) is 39.5 Å². The lowest BCUT2D eigenvalue weighted by atomic mass is 9.98. The lowest BCUT2D eigenvalue weighted by Crippen LogP contribution is -2.44. The summed E-state index contributed by atoms with van der Waals surface area (Å²) in [5.41, 5.74) is 1.67. The zero-order chi connectivity index (χ0) is 21.3. The smallest absolute Gasteiger partial charge is 0.387 e. The Labute approximate surface area is 204 Å². The normalized spacial score (nSPS) is 17.3. The summed E-state index contributed by atoms with van der Waals surface area (Å²) < 4.78 is 30.0. The van der Waals surface area contributed by atoms with E-state index in [0.29, 0.717) is 24.0 Å². The Morgan fingerprint density at radius 2 is 2.16 bits per heavy atom. The number of aliphatic imine (C=N–C) groups is 1. The monoisotopic (exact) mass is 564 g/mol. The second-order valence-electron chi connectivity index (χ2n) is 7.62. The van der Waals surface area contributed by atoms with Crippen molar-refractivity contribution in [3.63, 3.8) is 0 Å². The van der Waals surface area contributed by atoms with Gasteiger partial charge in [0.15, 0.2) is 5.96 Å². The maximum absolute atomic E-state index is 12.7. The number of piperidine rings is 1. The largest absolute Gasteiger partial charge is 0.434 e. The van der Waals surface area contributed by atoms with Gasteiger partial charge in [-0.2, -0.15) is 8.78 Å². The number of hydrogen-bond acceptors (Lipinski definition) is 4. The van der Waals surface area contributed by atoms with Crippen LogP contribution in [0.2, 0.25) is 0 Å². The third-order valence-electron chi connectivity index (χ3n) is 5.22. The quantitative estimate of drug-likeness (QED) is 0.274. The Balaban J connectivity index is 0.00000341. The molecule has 1 atom stereocenters. The molecule has 2 N–H and O–H groups in total. The summed E-state index contributed by atoms with van der Waals surface area (Å²) in [7, 11) is 1.71. The van der Waals surface area contributed by atoms with Crippen molar-refractivity contribution in [3.8, 4) is 5.75 Å². The number of ether oxygens (including phenoxy) is 1. The van der Waals surface area contributed by atoms with Gasteiger partial charge in [0.2, 0.25) is 0 Å². The molecule has 5 nitrogen and oxygen atoms in total. The number of hydrogen-bond donors (Lipinski definition) is 2. The van der Waals surface area contributed by atoms with Gasteiger partial charge in [0.25, 0.3) is 0 Å². The first-order valence-corrected chi connectivity index (χ1v) is 11.1. The van der Waals surface area contributed by atoms with Crippen molar-refractivity contribution in [3.05, 3.63) is 51.7 Å². The van der Waals surface area contributed by atoms with Crippen LogP contribution < -0.4 is 15.4 Å².